The van der Waals surface area contributed by atoms with E-state index in [1.807, 2.05) is 12.1 Å². The van der Waals surface area contributed by atoms with Crippen molar-refractivity contribution in [3.8, 4) is 0 Å². The summed E-state index contributed by atoms with van der Waals surface area (Å²) in [7, 11) is 0. The molecule has 0 aliphatic carbocycles. The van der Waals surface area contributed by atoms with Crippen LogP contribution in [0.1, 0.15) is 29.5 Å². The lowest BCUT2D eigenvalue weighted by atomic mass is 9.75. The van der Waals surface area contributed by atoms with Crippen molar-refractivity contribution >= 4 is 0 Å². The second-order valence-electron chi connectivity index (χ2n) is 7.20. The van der Waals surface area contributed by atoms with Crippen molar-refractivity contribution in [1.82, 2.24) is 4.90 Å². The number of halogens is 1. The zero-order chi connectivity index (χ0) is 17.0. The molecule has 1 aliphatic rings. The Kier molecular flexibility index (Phi) is 5.32. The van der Waals surface area contributed by atoms with Crippen LogP contribution < -0.4 is 0 Å². The number of piperidine rings is 1. The fourth-order valence-corrected chi connectivity index (χ4v) is 3.84. The molecule has 0 radical (unpaired) electrons. The van der Waals surface area contributed by atoms with E-state index < -0.39 is 0 Å². The predicted molar refractivity (Wildman–Crippen MR) is 95.3 cm³/mol. The van der Waals surface area contributed by atoms with Gasteiger partial charge >= 0.3 is 0 Å². The number of aryl methyl sites for hydroxylation is 1. The third kappa shape index (κ3) is 4.03. The standard InChI is InChI=1S/C21H26FNO/c1-17-5-2-3-6-19(17)14-23-12-4-11-21(15-23,16-24)13-18-7-9-20(22)10-8-18/h2-3,5-10,24H,4,11-16H2,1H3/t21-/m1/s1. The third-order valence-electron chi connectivity index (χ3n) is 5.22. The zero-order valence-electron chi connectivity index (χ0n) is 14.3. The van der Waals surface area contributed by atoms with E-state index in [9.17, 15) is 9.50 Å². The van der Waals surface area contributed by atoms with Gasteiger partial charge in [-0.2, -0.15) is 0 Å². The number of likely N-dealkylation sites (tertiary alicyclic amines) is 1. The molecule has 1 heterocycles. The van der Waals surface area contributed by atoms with Gasteiger partial charge in [0.15, 0.2) is 0 Å². The van der Waals surface area contributed by atoms with Crippen LogP contribution in [0, 0.1) is 18.2 Å². The van der Waals surface area contributed by atoms with E-state index in [1.165, 1.54) is 23.3 Å². The molecule has 1 saturated heterocycles. The molecule has 3 heteroatoms. The van der Waals surface area contributed by atoms with Gasteiger partial charge in [0.2, 0.25) is 0 Å². The van der Waals surface area contributed by atoms with Gasteiger partial charge in [-0.3, -0.25) is 4.90 Å². The van der Waals surface area contributed by atoms with Gasteiger partial charge in [0.25, 0.3) is 0 Å². The van der Waals surface area contributed by atoms with Crippen molar-refractivity contribution < 1.29 is 9.50 Å². The van der Waals surface area contributed by atoms with Crippen molar-refractivity contribution in [2.45, 2.75) is 32.7 Å². The Morgan fingerprint density at radius 3 is 2.58 bits per heavy atom. The summed E-state index contributed by atoms with van der Waals surface area (Å²) < 4.78 is 13.1. The molecule has 24 heavy (non-hydrogen) atoms. The SMILES string of the molecule is Cc1ccccc1CN1CCC[C@@](CO)(Cc2ccc(F)cc2)C1. The fraction of sp³-hybridized carbons (Fsp3) is 0.429. The third-order valence-corrected chi connectivity index (χ3v) is 5.22. The van der Waals surface area contributed by atoms with E-state index >= 15 is 0 Å². The highest BCUT2D eigenvalue weighted by atomic mass is 19.1. The van der Waals surface area contributed by atoms with Crippen molar-refractivity contribution in [2.75, 3.05) is 19.7 Å². The van der Waals surface area contributed by atoms with E-state index in [1.54, 1.807) is 0 Å². The van der Waals surface area contributed by atoms with Crippen LogP contribution in [0.2, 0.25) is 0 Å². The molecule has 0 unspecified atom stereocenters. The van der Waals surface area contributed by atoms with Crippen molar-refractivity contribution in [1.29, 1.82) is 0 Å². The highest BCUT2D eigenvalue weighted by Gasteiger charge is 2.35. The molecule has 3 rings (SSSR count). The average Bonchev–Trinajstić information content (AvgIpc) is 2.59. The molecule has 2 aromatic rings. The highest BCUT2D eigenvalue weighted by molar-refractivity contribution is 5.25. The van der Waals surface area contributed by atoms with Gasteiger partial charge in [0, 0.05) is 18.5 Å². The summed E-state index contributed by atoms with van der Waals surface area (Å²) in [5.74, 6) is -0.207. The van der Waals surface area contributed by atoms with E-state index in [2.05, 4.69) is 36.1 Å². The Labute approximate surface area is 143 Å². The first-order valence-electron chi connectivity index (χ1n) is 8.72. The van der Waals surface area contributed by atoms with E-state index in [4.69, 9.17) is 0 Å². The Hall–Kier alpha value is -1.71. The molecule has 128 valence electrons. The normalized spacial score (nSPS) is 21.8. The molecule has 0 bridgehead atoms. The van der Waals surface area contributed by atoms with Gasteiger partial charge < -0.3 is 5.11 Å². The minimum absolute atomic E-state index is 0.126. The van der Waals surface area contributed by atoms with Crippen LogP contribution in [0.15, 0.2) is 48.5 Å². The summed E-state index contributed by atoms with van der Waals surface area (Å²) in [4.78, 5) is 2.45. The maximum Gasteiger partial charge on any atom is 0.123 e. The summed E-state index contributed by atoms with van der Waals surface area (Å²) in [6.07, 6.45) is 2.91. The summed E-state index contributed by atoms with van der Waals surface area (Å²) in [6.45, 7) is 5.21. The smallest absolute Gasteiger partial charge is 0.123 e. The van der Waals surface area contributed by atoms with Crippen molar-refractivity contribution in [3.05, 3.63) is 71.0 Å². The topological polar surface area (TPSA) is 23.5 Å². The van der Waals surface area contributed by atoms with Gasteiger partial charge in [-0.15, -0.1) is 0 Å². The van der Waals surface area contributed by atoms with Gasteiger partial charge in [-0.05, 0) is 61.6 Å². The molecule has 0 spiro atoms. The van der Waals surface area contributed by atoms with Crippen LogP contribution >= 0.6 is 0 Å². The molecule has 1 fully saturated rings. The second-order valence-corrected chi connectivity index (χ2v) is 7.20. The Morgan fingerprint density at radius 1 is 1.12 bits per heavy atom. The lowest BCUT2D eigenvalue weighted by Gasteiger charge is -2.42. The molecular weight excluding hydrogens is 301 g/mol. The first kappa shape index (κ1) is 17.1. The fourth-order valence-electron chi connectivity index (χ4n) is 3.84. The highest BCUT2D eigenvalue weighted by Crippen LogP contribution is 2.34. The van der Waals surface area contributed by atoms with Gasteiger partial charge in [0.1, 0.15) is 5.82 Å². The largest absolute Gasteiger partial charge is 0.396 e. The minimum atomic E-state index is -0.207. The van der Waals surface area contributed by atoms with Crippen LogP contribution in [0.4, 0.5) is 4.39 Å². The zero-order valence-corrected chi connectivity index (χ0v) is 14.3. The maximum atomic E-state index is 13.1. The van der Waals surface area contributed by atoms with E-state index in [0.29, 0.717) is 0 Å². The lowest BCUT2D eigenvalue weighted by molar-refractivity contribution is 0.0288. The summed E-state index contributed by atoms with van der Waals surface area (Å²) in [6, 6.07) is 15.2. The number of rotatable bonds is 5. The van der Waals surface area contributed by atoms with Gasteiger partial charge in [0.05, 0.1) is 6.61 Å². The van der Waals surface area contributed by atoms with Crippen molar-refractivity contribution in [2.24, 2.45) is 5.41 Å². The molecule has 0 aromatic heterocycles. The number of hydrogen-bond donors (Lipinski definition) is 1. The van der Waals surface area contributed by atoms with Gasteiger partial charge in [-0.25, -0.2) is 4.39 Å². The van der Waals surface area contributed by atoms with E-state index in [-0.39, 0.29) is 17.8 Å². The Balaban J connectivity index is 1.72. The number of benzene rings is 2. The summed E-state index contributed by atoms with van der Waals surface area (Å²) in [5.41, 5.74) is 3.64. The monoisotopic (exact) mass is 327 g/mol. The average molecular weight is 327 g/mol. The Morgan fingerprint density at radius 2 is 1.88 bits per heavy atom. The molecule has 1 atom stereocenters. The molecule has 2 nitrogen and oxygen atoms in total. The van der Waals surface area contributed by atoms with Crippen LogP contribution in [-0.2, 0) is 13.0 Å². The molecule has 2 aromatic carbocycles. The maximum absolute atomic E-state index is 13.1. The first-order valence-corrected chi connectivity index (χ1v) is 8.72. The van der Waals surface area contributed by atoms with E-state index in [0.717, 1.165) is 44.5 Å². The molecular formula is C21H26FNO. The van der Waals surface area contributed by atoms with Crippen molar-refractivity contribution in [3.63, 3.8) is 0 Å². The van der Waals surface area contributed by atoms with Gasteiger partial charge in [-0.1, -0.05) is 36.4 Å². The van der Waals surface area contributed by atoms with Crippen LogP contribution in [0.3, 0.4) is 0 Å². The Bertz CT molecular complexity index is 670. The summed E-state index contributed by atoms with van der Waals surface area (Å²) in [5, 5.41) is 10.1. The predicted octanol–water partition coefficient (Wildman–Crippen LogP) is 3.95. The summed E-state index contributed by atoms with van der Waals surface area (Å²) >= 11 is 0. The minimum Gasteiger partial charge on any atom is -0.396 e. The molecule has 1 N–H and O–H groups in total. The first-order chi connectivity index (χ1) is 11.6. The van der Waals surface area contributed by atoms with Crippen LogP contribution in [0.25, 0.3) is 0 Å². The second kappa shape index (κ2) is 7.45. The van der Waals surface area contributed by atoms with Crippen LogP contribution in [-0.4, -0.2) is 29.7 Å². The number of hydrogen-bond acceptors (Lipinski definition) is 2. The molecule has 0 amide bonds. The number of nitrogens with zero attached hydrogens (tertiary/aromatic N) is 1. The van der Waals surface area contributed by atoms with Crippen LogP contribution in [0.5, 0.6) is 0 Å². The number of aliphatic hydroxyl groups is 1. The lowest BCUT2D eigenvalue weighted by Crippen LogP contribution is -2.46. The quantitative estimate of drug-likeness (QED) is 0.899. The molecule has 1 aliphatic heterocycles. The number of aliphatic hydroxyl groups excluding tert-OH is 1. The molecule has 0 saturated carbocycles.